The predicted octanol–water partition coefficient (Wildman–Crippen LogP) is 2.26. The minimum Gasteiger partial charge on any atom is -0.480 e. The van der Waals surface area contributed by atoms with Gasteiger partial charge in [0.05, 0.1) is 11.9 Å². The van der Waals surface area contributed by atoms with E-state index in [2.05, 4.69) is 0 Å². The van der Waals surface area contributed by atoms with Gasteiger partial charge in [0, 0.05) is 6.54 Å². The molecule has 0 saturated heterocycles. The number of carboxylic acids is 1. The number of benzene rings is 1. The zero-order chi connectivity index (χ0) is 13.0. The second-order valence-corrected chi connectivity index (χ2v) is 4.26. The van der Waals surface area contributed by atoms with Crippen LogP contribution in [0.1, 0.15) is 10.9 Å². The van der Waals surface area contributed by atoms with E-state index in [1.165, 1.54) is 11.0 Å². The van der Waals surface area contributed by atoms with E-state index in [4.69, 9.17) is 16.7 Å². The molecule has 1 atom stereocenters. The Morgan fingerprint density at radius 3 is 2.65 bits per heavy atom. The Hall–Kier alpha value is -1.20. The number of hydrogen-bond acceptors (Lipinski definition) is 2. The van der Waals surface area contributed by atoms with E-state index in [1.54, 1.807) is 7.05 Å². The summed E-state index contributed by atoms with van der Waals surface area (Å²) in [4.78, 5) is 11.9. The van der Waals surface area contributed by atoms with Crippen molar-refractivity contribution in [1.29, 1.82) is 0 Å². The van der Waals surface area contributed by atoms with Crippen molar-refractivity contribution in [1.82, 2.24) is 4.90 Å². The maximum absolute atomic E-state index is 12.9. The highest BCUT2D eigenvalue weighted by molar-refractivity contribution is 6.21. The van der Waals surface area contributed by atoms with Crippen molar-refractivity contribution in [3.63, 3.8) is 0 Å². The standard InChI is InChI=1S/C11H12ClF2NO2/c1-15(6-11(16)17)5-8(12)7-2-3-9(13)10(14)4-7/h2-4,8H,5-6H2,1H3,(H,16,17). The average molecular weight is 264 g/mol. The molecule has 1 N–H and O–H groups in total. The number of hydrogen-bond donors (Lipinski definition) is 1. The summed E-state index contributed by atoms with van der Waals surface area (Å²) in [5.41, 5.74) is 0.419. The summed E-state index contributed by atoms with van der Waals surface area (Å²) in [6.07, 6.45) is 0. The van der Waals surface area contributed by atoms with Gasteiger partial charge in [-0.2, -0.15) is 0 Å². The van der Waals surface area contributed by atoms with Crippen molar-refractivity contribution in [3.8, 4) is 0 Å². The number of carbonyl (C=O) groups is 1. The molecule has 1 unspecified atom stereocenters. The Balaban J connectivity index is 2.66. The summed E-state index contributed by atoms with van der Waals surface area (Å²) in [6, 6.07) is 3.39. The normalized spacial score (nSPS) is 12.8. The van der Waals surface area contributed by atoms with E-state index in [-0.39, 0.29) is 13.1 Å². The van der Waals surface area contributed by atoms with Gasteiger partial charge >= 0.3 is 5.97 Å². The van der Waals surface area contributed by atoms with Gasteiger partial charge < -0.3 is 5.11 Å². The quantitative estimate of drug-likeness (QED) is 0.829. The van der Waals surface area contributed by atoms with Crippen LogP contribution in [0.15, 0.2) is 18.2 Å². The molecule has 1 aromatic rings. The van der Waals surface area contributed by atoms with E-state index in [0.29, 0.717) is 5.56 Å². The lowest BCUT2D eigenvalue weighted by molar-refractivity contribution is -0.137. The second-order valence-electron chi connectivity index (χ2n) is 3.73. The summed E-state index contributed by atoms with van der Waals surface area (Å²) >= 11 is 5.99. The van der Waals surface area contributed by atoms with Crippen molar-refractivity contribution < 1.29 is 18.7 Å². The molecule has 17 heavy (non-hydrogen) atoms. The van der Waals surface area contributed by atoms with Gasteiger partial charge in [-0.05, 0) is 24.7 Å². The molecular weight excluding hydrogens is 252 g/mol. The number of halogens is 3. The average Bonchev–Trinajstić information content (AvgIpc) is 2.20. The van der Waals surface area contributed by atoms with Gasteiger partial charge in [-0.1, -0.05) is 6.07 Å². The molecule has 0 bridgehead atoms. The maximum Gasteiger partial charge on any atom is 0.317 e. The summed E-state index contributed by atoms with van der Waals surface area (Å²) in [7, 11) is 1.59. The van der Waals surface area contributed by atoms with Gasteiger partial charge in [0.15, 0.2) is 11.6 Å². The maximum atomic E-state index is 12.9. The molecule has 0 aliphatic carbocycles. The van der Waals surface area contributed by atoms with E-state index in [1.807, 2.05) is 0 Å². The molecule has 0 amide bonds. The first-order chi connectivity index (χ1) is 7.90. The molecule has 0 aliphatic heterocycles. The third-order valence-electron chi connectivity index (χ3n) is 2.18. The molecule has 0 heterocycles. The monoisotopic (exact) mass is 263 g/mol. The first-order valence-electron chi connectivity index (χ1n) is 4.89. The van der Waals surface area contributed by atoms with Gasteiger partial charge in [0.25, 0.3) is 0 Å². The molecule has 6 heteroatoms. The van der Waals surface area contributed by atoms with E-state index >= 15 is 0 Å². The smallest absolute Gasteiger partial charge is 0.317 e. The molecule has 0 fully saturated rings. The van der Waals surface area contributed by atoms with Crippen LogP contribution in [0.3, 0.4) is 0 Å². The van der Waals surface area contributed by atoms with E-state index < -0.39 is 23.0 Å². The highest BCUT2D eigenvalue weighted by atomic mass is 35.5. The first kappa shape index (κ1) is 13.9. The summed E-state index contributed by atoms with van der Waals surface area (Å²) in [6.45, 7) is 0.0752. The molecule has 0 spiro atoms. The largest absolute Gasteiger partial charge is 0.480 e. The molecule has 0 radical (unpaired) electrons. The summed E-state index contributed by atoms with van der Waals surface area (Å²) < 4.78 is 25.6. The lowest BCUT2D eigenvalue weighted by Gasteiger charge is -2.18. The Kier molecular flexibility index (Phi) is 4.84. The molecule has 0 aromatic heterocycles. The SMILES string of the molecule is CN(CC(=O)O)CC(Cl)c1ccc(F)c(F)c1. The third kappa shape index (κ3) is 4.28. The number of alkyl halides is 1. The van der Waals surface area contributed by atoms with Crippen LogP contribution in [0.4, 0.5) is 8.78 Å². The van der Waals surface area contributed by atoms with Gasteiger partial charge in [-0.25, -0.2) is 8.78 Å². The Morgan fingerprint density at radius 2 is 2.12 bits per heavy atom. The number of aliphatic carboxylic acids is 1. The van der Waals surface area contributed by atoms with E-state index in [0.717, 1.165) is 12.1 Å². The van der Waals surface area contributed by atoms with Crippen LogP contribution in [0.2, 0.25) is 0 Å². The van der Waals surface area contributed by atoms with Gasteiger partial charge in [-0.3, -0.25) is 9.69 Å². The number of rotatable bonds is 5. The molecular formula is C11H12ClF2NO2. The minimum atomic E-state index is -0.971. The van der Waals surface area contributed by atoms with Crippen LogP contribution >= 0.6 is 11.6 Å². The number of nitrogens with zero attached hydrogens (tertiary/aromatic N) is 1. The highest BCUT2D eigenvalue weighted by Gasteiger charge is 2.14. The predicted molar refractivity (Wildman–Crippen MR) is 60.1 cm³/mol. The van der Waals surface area contributed by atoms with Crippen molar-refractivity contribution >= 4 is 17.6 Å². The fraction of sp³-hybridized carbons (Fsp3) is 0.364. The Morgan fingerprint density at radius 1 is 1.47 bits per heavy atom. The van der Waals surface area contributed by atoms with Crippen molar-refractivity contribution in [2.75, 3.05) is 20.1 Å². The molecule has 94 valence electrons. The van der Waals surface area contributed by atoms with Crippen molar-refractivity contribution in [2.45, 2.75) is 5.38 Å². The fourth-order valence-electron chi connectivity index (χ4n) is 1.38. The van der Waals surface area contributed by atoms with Crippen LogP contribution in [-0.2, 0) is 4.79 Å². The lowest BCUT2D eigenvalue weighted by atomic mass is 10.1. The number of likely N-dealkylation sites (N-methyl/N-ethyl adjacent to an activating group) is 1. The van der Waals surface area contributed by atoms with Crippen molar-refractivity contribution in [2.24, 2.45) is 0 Å². The molecule has 1 rings (SSSR count). The molecule has 3 nitrogen and oxygen atoms in total. The zero-order valence-electron chi connectivity index (χ0n) is 9.16. The van der Waals surface area contributed by atoms with Gasteiger partial charge in [0.2, 0.25) is 0 Å². The zero-order valence-corrected chi connectivity index (χ0v) is 9.92. The van der Waals surface area contributed by atoms with Crippen LogP contribution in [0.5, 0.6) is 0 Å². The molecule has 0 aliphatic rings. The topological polar surface area (TPSA) is 40.5 Å². The van der Waals surface area contributed by atoms with Crippen molar-refractivity contribution in [3.05, 3.63) is 35.4 Å². The van der Waals surface area contributed by atoms with Crippen LogP contribution in [0, 0.1) is 11.6 Å². The first-order valence-corrected chi connectivity index (χ1v) is 5.33. The van der Waals surface area contributed by atoms with Crippen LogP contribution < -0.4 is 0 Å². The number of carboxylic acid groups (broad SMARTS) is 1. The Labute approximate surface area is 103 Å². The molecule has 0 saturated carbocycles. The minimum absolute atomic E-state index is 0.160. The van der Waals surface area contributed by atoms with Crippen LogP contribution in [-0.4, -0.2) is 36.1 Å². The Bertz CT molecular complexity index is 414. The van der Waals surface area contributed by atoms with Gasteiger partial charge in [0.1, 0.15) is 0 Å². The molecule has 1 aromatic carbocycles. The lowest BCUT2D eigenvalue weighted by Crippen LogP contribution is -2.28. The van der Waals surface area contributed by atoms with Crippen LogP contribution in [0.25, 0.3) is 0 Å². The second kappa shape index (κ2) is 5.93. The summed E-state index contributed by atoms with van der Waals surface area (Å²) in [5, 5.41) is 7.97. The fourth-order valence-corrected chi connectivity index (χ4v) is 1.75. The summed E-state index contributed by atoms with van der Waals surface area (Å²) in [5.74, 6) is -2.87. The van der Waals surface area contributed by atoms with Gasteiger partial charge in [-0.15, -0.1) is 11.6 Å². The third-order valence-corrected chi connectivity index (χ3v) is 2.57. The highest BCUT2D eigenvalue weighted by Crippen LogP contribution is 2.22. The van der Waals surface area contributed by atoms with E-state index in [9.17, 15) is 13.6 Å².